The molecule has 1 fully saturated rings. The molecule has 3 rings (SSSR count). The Hall–Kier alpha value is -2.40. The number of carbonyl (C=O) groups excluding carboxylic acids is 2. The Balaban J connectivity index is 1.58. The van der Waals surface area contributed by atoms with Crippen LogP contribution in [0.2, 0.25) is 5.02 Å². The minimum Gasteiger partial charge on any atom is -0.350 e. The predicted molar refractivity (Wildman–Crippen MR) is 96.9 cm³/mol. The largest absolute Gasteiger partial charge is 0.350 e. The number of carbonyl (C=O) groups is 2. The molecule has 0 aliphatic carbocycles. The van der Waals surface area contributed by atoms with Crippen molar-refractivity contribution >= 4 is 23.4 Å². The quantitative estimate of drug-likeness (QED) is 0.894. The van der Waals surface area contributed by atoms with Gasteiger partial charge in [0.2, 0.25) is 0 Å². The maximum atomic E-state index is 12.4. The van der Waals surface area contributed by atoms with E-state index in [0.29, 0.717) is 23.7 Å². The van der Waals surface area contributed by atoms with Crippen LogP contribution in [-0.2, 0) is 6.42 Å². The number of hydrogen-bond donors (Lipinski definition) is 1. The summed E-state index contributed by atoms with van der Waals surface area (Å²) < 4.78 is 0. The lowest BCUT2D eigenvalue weighted by Crippen LogP contribution is -2.30. The zero-order valence-corrected chi connectivity index (χ0v) is 14.6. The molecule has 2 aromatic rings. The van der Waals surface area contributed by atoms with Crippen molar-refractivity contribution < 1.29 is 9.59 Å². The summed E-state index contributed by atoms with van der Waals surface area (Å²) in [4.78, 5) is 30.7. The predicted octanol–water partition coefficient (Wildman–Crippen LogP) is 2.94. The van der Waals surface area contributed by atoms with Crippen molar-refractivity contribution in [3.63, 3.8) is 0 Å². The molecule has 5 nitrogen and oxygen atoms in total. The van der Waals surface area contributed by atoms with Gasteiger partial charge in [-0.3, -0.25) is 9.59 Å². The van der Waals surface area contributed by atoms with Crippen LogP contribution in [0.15, 0.2) is 42.5 Å². The minimum atomic E-state index is -0.280. The number of aromatic nitrogens is 1. The van der Waals surface area contributed by atoms with Gasteiger partial charge in [0.25, 0.3) is 11.8 Å². The molecule has 0 bridgehead atoms. The van der Waals surface area contributed by atoms with Gasteiger partial charge in [-0.1, -0.05) is 29.8 Å². The first-order valence-electron chi connectivity index (χ1n) is 8.42. The number of rotatable bonds is 5. The maximum Gasteiger partial charge on any atom is 0.272 e. The first-order chi connectivity index (χ1) is 12.1. The summed E-state index contributed by atoms with van der Waals surface area (Å²) in [5, 5.41) is 3.51. The molecule has 2 heterocycles. The molecule has 0 spiro atoms. The molecule has 1 aliphatic heterocycles. The summed E-state index contributed by atoms with van der Waals surface area (Å²) >= 11 is 5.95. The number of likely N-dealkylation sites (tertiary alicyclic amines) is 1. The average molecular weight is 358 g/mol. The fourth-order valence-electron chi connectivity index (χ4n) is 2.87. The van der Waals surface area contributed by atoms with E-state index < -0.39 is 0 Å². The highest BCUT2D eigenvalue weighted by Gasteiger charge is 2.21. The second-order valence-corrected chi connectivity index (χ2v) is 6.48. The van der Waals surface area contributed by atoms with Crippen molar-refractivity contribution in [3.05, 3.63) is 64.4 Å². The molecule has 1 N–H and O–H groups in total. The van der Waals surface area contributed by atoms with Crippen LogP contribution >= 0.6 is 11.6 Å². The molecular formula is C19H20ClN3O2. The third-order valence-corrected chi connectivity index (χ3v) is 4.42. The van der Waals surface area contributed by atoms with E-state index in [0.717, 1.165) is 31.5 Å². The highest BCUT2D eigenvalue weighted by Crippen LogP contribution is 2.12. The summed E-state index contributed by atoms with van der Waals surface area (Å²) in [6, 6.07) is 12.5. The van der Waals surface area contributed by atoms with Crippen LogP contribution in [0, 0.1) is 0 Å². The summed E-state index contributed by atoms with van der Waals surface area (Å²) in [7, 11) is 0. The Morgan fingerprint density at radius 2 is 1.80 bits per heavy atom. The highest BCUT2D eigenvalue weighted by atomic mass is 35.5. The average Bonchev–Trinajstić information content (AvgIpc) is 3.16. The Kier molecular flexibility index (Phi) is 5.66. The first kappa shape index (κ1) is 17.4. The van der Waals surface area contributed by atoms with Gasteiger partial charge in [0, 0.05) is 24.7 Å². The fourth-order valence-corrected chi connectivity index (χ4v) is 3.08. The Morgan fingerprint density at radius 1 is 1.08 bits per heavy atom. The van der Waals surface area contributed by atoms with E-state index in [-0.39, 0.29) is 17.5 Å². The lowest BCUT2D eigenvalue weighted by atomic mass is 10.1. The standard InChI is InChI=1S/C19H20ClN3O2/c20-15-6-3-5-14(13-15)9-10-21-18(24)16-7-4-8-17(22-16)19(25)23-11-1-2-12-23/h3-8,13H,1-2,9-12H2,(H,21,24). The van der Waals surface area contributed by atoms with Gasteiger partial charge in [0.05, 0.1) is 0 Å². The van der Waals surface area contributed by atoms with Crippen molar-refractivity contribution in [2.75, 3.05) is 19.6 Å². The summed E-state index contributed by atoms with van der Waals surface area (Å²) in [5.74, 6) is -0.385. The van der Waals surface area contributed by atoms with Crippen LogP contribution in [-0.4, -0.2) is 41.3 Å². The molecule has 1 saturated heterocycles. The third-order valence-electron chi connectivity index (χ3n) is 4.18. The van der Waals surface area contributed by atoms with Crippen molar-refractivity contribution in [1.29, 1.82) is 0 Å². The van der Waals surface area contributed by atoms with E-state index in [4.69, 9.17) is 11.6 Å². The van der Waals surface area contributed by atoms with E-state index in [1.807, 2.05) is 24.3 Å². The topological polar surface area (TPSA) is 62.3 Å². The van der Waals surface area contributed by atoms with Crippen molar-refractivity contribution in [2.24, 2.45) is 0 Å². The Morgan fingerprint density at radius 3 is 2.56 bits per heavy atom. The second-order valence-electron chi connectivity index (χ2n) is 6.04. The Bertz CT molecular complexity index is 773. The molecule has 1 aromatic carbocycles. The lowest BCUT2D eigenvalue weighted by molar-refractivity contribution is 0.0787. The molecule has 2 amide bonds. The SMILES string of the molecule is O=C(NCCc1cccc(Cl)c1)c1cccc(C(=O)N2CCCC2)n1. The van der Waals surface area contributed by atoms with Crippen molar-refractivity contribution in [1.82, 2.24) is 15.2 Å². The van der Waals surface area contributed by atoms with Crippen LogP contribution in [0.4, 0.5) is 0 Å². The van der Waals surface area contributed by atoms with Gasteiger partial charge in [-0.15, -0.1) is 0 Å². The second kappa shape index (κ2) is 8.12. The van der Waals surface area contributed by atoms with Crippen molar-refractivity contribution in [2.45, 2.75) is 19.3 Å². The smallest absolute Gasteiger partial charge is 0.272 e. The lowest BCUT2D eigenvalue weighted by Gasteiger charge is -2.14. The number of halogens is 1. The van der Waals surface area contributed by atoms with Gasteiger partial charge in [-0.25, -0.2) is 4.98 Å². The van der Waals surface area contributed by atoms with Crippen LogP contribution in [0.5, 0.6) is 0 Å². The van der Waals surface area contributed by atoms with E-state index in [9.17, 15) is 9.59 Å². The van der Waals surface area contributed by atoms with Crippen LogP contribution in [0.3, 0.4) is 0 Å². The molecule has 0 atom stereocenters. The van der Waals surface area contributed by atoms with Gasteiger partial charge in [-0.05, 0) is 49.1 Å². The molecule has 1 aromatic heterocycles. The van der Waals surface area contributed by atoms with E-state index in [1.54, 1.807) is 23.1 Å². The van der Waals surface area contributed by atoms with Gasteiger partial charge in [0.15, 0.2) is 0 Å². The molecule has 0 saturated carbocycles. The van der Waals surface area contributed by atoms with Crippen LogP contribution in [0.1, 0.15) is 39.4 Å². The monoisotopic (exact) mass is 357 g/mol. The van der Waals surface area contributed by atoms with Crippen molar-refractivity contribution in [3.8, 4) is 0 Å². The zero-order chi connectivity index (χ0) is 17.6. The number of benzene rings is 1. The first-order valence-corrected chi connectivity index (χ1v) is 8.80. The normalized spacial score (nSPS) is 13.7. The number of nitrogens with zero attached hydrogens (tertiary/aromatic N) is 2. The molecule has 0 radical (unpaired) electrons. The molecule has 130 valence electrons. The van der Waals surface area contributed by atoms with E-state index in [1.165, 1.54) is 0 Å². The molecular weight excluding hydrogens is 338 g/mol. The van der Waals surface area contributed by atoms with Gasteiger partial charge >= 0.3 is 0 Å². The third kappa shape index (κ3) is 4.57. The highest BCUT2D eigenvalue weighted by molar-refractivity contribution is 6.30. The van der Waals surface area contributed by atoms with Gasteiger partial charge in [0.1, 0.15) is 11.4 Å². The number of hydrogen-bond acceptors (Lipinski definition) is 3. The van der Waals surface area contributed by atoms with Gasteiger partial charge < -0.3 is 10.2 Å². The minimum absolute atomic E-state index is 0.105. The fraction of sp³-hybridized carbons (Fsp3) is 0.316. The maximum absolute atomic E-state index is 12.4. The number of amides is 2. The Labute approximate surface area is 152 Å². The number of nitrogens with one attached hydrogen (secondary N) is 1. The van der Waals surface area contributed by atoms with E-state index in [2.05, 4.69) is 10.3 Å². The van der Waals surface area contributed by atoms with Gasteiger partial charge in [-0.2, -0.15) is 0 Å². The molecule has 6 heteroatoms. The van der Waals surface area contributed by atoms with Crippen LogP contribution in [0.25, 0.3) is 0 Å². The molecule has 25 heavy (non-hydrogen) atoms. The summed E-state index contributed by atoms with van der Waals surface area (Å²) in [5.41, 5.74) is 1.64. The molecule has 0 unspecified atom stereocenters. The van der Waals surface area contributed by atoms with E-state index >= 15 is 0 Å². The molecule has 1 aliphatic rings. The van der Waals surface area contributed by atoms with Crippen LogP contribution < -0.4 is 5.32 Å². The zero-order valence-electron chi connectivity index (χ0n) is 13.9. The summed E-state index contributed by atoms with van der Waals surface area (Å²) in [6.45, 7) is 2.00. The number of pyridine rings is 1. The summed E-state index contributed by atoms with van der Waals surface area (Å²) in [6.07, 6.45) is 2.73.